The lowest BCUT2D eigenvalue weighted by Crippen LogP contribution is -2.53. The number of amides is 2. The maximum absolute atomic E-state index is 14.5. The molecule has 12 heteroatoms. The van der Waals surface area contributed by atoms with Crippen molar-refractivity contribution in [2.24, 2.45) is 0 Å². The molecule has 4 rings (SSSR count). The number of carbonyl (C=O) groups excluding carboxylic acids is 2. The summed E-state index contributed by atoms with van der Waals surface area (Å²) >= 11 is 19.3. The van der Waals surface area contributed by atoms with Crippen molar-refractivity contribution < 1.29 is 22.7 Å². The summed E-state index contributed by atoms with van der Waals surface area (Å²) in [5.74, 6) is -0.603. The number of carbonyl (C=O) groups is 2. The standard InChI is InChI=1S/C33H32Cl3N3O5S/c1-3-37-33(41)31(19-23-9-5-4-6-10-23)38(21-28-29(35)13-8-14-30(28)36)32(40)22-39(25-12-7-11-24(34)20-25)45(42,43)27-17-15-26(44-2)16-18-27/h4-18,20,31H,3,19,21-22H2,1-2H3,(H,37,41)/t31-/m0/s1. The van der Waals surface area contributed by atoms with Crippen LogP contribution in [0.3, 0.4) is 0 Å². The van der Waals surface area contributed by atoms with E-state index in [-0.39, 0.29) is 28.6 Å². The Morgan fingerprint density at radius 1 is 0.867 bits per heavy atom. The van der Waals surface area contributed by atoms with E-state index in [1.807, 2.05) is 30.3 Å². The number of sulfonamides is 1. The molecule has 0 aromatic heterocycles. The van der Waals surface area contributed by atoms with Crippen molar-refractivity contribution in [3.63, 3.8) is 0 Å². The van der Waals surface area contributed by atoms with Gasteiger partial charge in [0, 0.05) is 40.1 Å². The first-order valence-electron chi connectivity index (χ1n) is 14.0. The second kappa shape index (κ2) is 15.5. The molecule has 236 valence electrons. The molecule has 0 radical (unpaired) electrons. The molecule has 4 aromatic rings. The average molecular weight is 689 g/mol. The number of hydrogen-bond acceptors (Lipinski definition) is 5. The van der Waals surface area contributed by atoms with Crippen LogP contribution in [0.5, 0.6) is 5.75 Å². The van der Waals surface area contributed by atoms with Crippen LogP contribution in [0.15, 0.2) is 102 Å². The van der Waals surface area contributed by atoms with Gasteiger partial charge in [-0.3, -0.25) is 13.9 Å². The van der Waals surface area contributed by atoms with Gasteiger partial charge < -0.3 is 15.0 Å². The molecule has 1 atom stereocenters. The largest absolute Gasteiger partial charge is 0.497 e. The van der Waals surface area contributed by atoms with E-state index in [0.717, 1.165) is 9.87 Å². The lowest BCUT2D eigenvalue weighted by molar-refractivity contribution is -0.140. The van der Waals surface area contributed by atoms with Gasteiger partial charge in [0.25, 0.3) is 10.0 Å². The minimum Gasteiger partial charge on any atom is -0.497 e. The fourth-order valence-electron chi connectivity index (χ4n) is 4.73. The van der Waals surface area contributed by atoms with E-state index in [1.165, 1.54) is 42.3 Å². The summed E-state index contributed by atoms with van der Waals surface area (Å²) in [6.07, 6.45) is 0.156. The molecule has 0 spiro atoms. The summed E-state index contributed by atoms with van der Waals surface area (Å²) < 4.78 is 34.4. The van der Waals surface area contributed by atoms with E-state index in [2.05, 4.69) is 5.32 Å². The molecule has 2 amide bonds. The molecular weight excluding hydrogens is 657 g/mol. The number of hydrogen-bond donors (Lipinski definition) is 1. The summed E-state index contributed by atoms with van der Waals surface area (Å²) in [6, 6.07) is 25.1. The van der Waals surface area contributed by atoms with Gasteiger partial charge >= 0.3 is 0 Å². The lowest BCUT2D eigenvalue weighted by Gasteiger charge is -2.34. The van der Waals surface area contributed by atoms with E-state index in [0.29, 0.717) is 27.9 Å². The van der Waals surface area contributed by atoms with E-state index in [9.17, 15) is 18.0 Å². The third-order valence-electron chi connectivity index (χ3n) is 7.03. The van der Waals surface area contributed by atoms with Crippen LogP contribution in [0.4, 0.5) is 5.69 Å². The van der Waals surface area contributed by atoms with Crippen molar-refractivity contribution in [3.8, 4) is 5.75 Å². The fourth-order valence-corrected chi connectivity index (χ4v) is 6.84. The highest BCUT2D eigenvalue weighted by Gasteiger charge is 2.35. The van der Waals surface area contributed by atoms with Gasteiger partial charge in [-0.05, 0) is 67.1 Å². The monoisotopic (exact) mass is 687 g/mol. The Kier molecular flexibility index (Phi) is 11.7. The summed E-state index contributed by atoms with van der Waals surface area (Å²) in [7, 11) is -2.84. The maximum atomic E-state index is 14.5. The summed E-state index contributed by atoms with van der Waals surface area (Å²) in [5.41, 5.74) is 1.39. The number of benzene rings is 4. The third kappa shape index (κ3) is 8.49. The van der Waals surface area contributed by atoms with E-state index < -0.39 is 34.4 Å². The molecule has 4 aromatic carbocycles. The third-order valence-corrected chi connectivity index (χ3v) is 9.77. The van der Waals surface area contributed by atoms with Gasteiger partial charge in [0.2, 0.25) is 11.8 Å². The molecule has 1 N–H and O–H groups in total. The fraction of sp³-hybridized carbons (Fsp3) is 0.212. The average Bonchev–Trinajstić information content (AvgIpc) is 3.03. The first-order chi connectivity index (χ1) is 21.5. The molecule has 0 aliphatic rings. The maximum Gasteiger partial charge on any atom is 0.264 e. The van der Waals surface area contributed by atoms with Crippen molar-refractivity contribution in [1.82, 2.24) is 10.2 Å². The summed E-state index contributed by atoms with van der Waals surface area (Å²) in [4.78, 5) is 29.3. The van der Waals surface area contributed by atoms with Gasteiger partial charge in [-0.25, -0.2) is 8.42 Å². The molecule has 0 unspecified atom stereocenters. The Bertz CT molecular complexity index is 1720. The van der Waals surface area contributed by atoms with Crippen molar-refractivity contribution in [2.45, 2.75) is 30.8 Å². The zero-order valence-electron chi connectivity index (χ0n) is 24.6. The minimum absolute atomic E-state index is 0.0682. The van der Waals surface area contributed by atoms with Crippen molar-refractivity contribution >= 4 is 62.3 Å². The highest BCUT2D eigenvalue weighted by molar-refractivity contribution is 7.92. The van der Waals surface area contributed by atoms with Crippen LogP contribution < -0.4 is 14.4 Å². The second-order valence-electron chi connectivity index (χ2n) is 9.99. The molecule has 0 saturated carbocycles. The number of likely N-dealkylation sites (N-methyl/N-ethyl adjacent to an activating group) is 1. The van der Waals surface area contributed by atoms with Gasteiger partial charge in [-0.2, -0.15) is 0 Å². The van der Waals surface area contributed by atoms with Gasteiger partial charge in [-0.15, -0.1) is 0 Å². The first-order valence-corrected chi connectivity index (χ1v) is 16.6. The zero-order valence-corrected chi connectivity index (χ0v) is 27.7. The quantitative estimate of drug-likeness (QED) is 0.170. The molecule has 8 nitrogen and oxygen atoms in total. The van der Waals surface area contributed by atoms with Crippen LogP contribution in [-0.2, 0) is 32.6 Å². The van der Waals surface area contributed by atoms with E-state index in [1.54, 1.807) is 43.3 Å². The Morgan fingerprint density at radius 2 is 1.51 bits per heavy atom. The van der Waals surface area contributed by atoms with Crippen LogP contribution in [-0.4, -0.2) is 51.4 Å². The number of methoxy groups -OCH3 is 1. The van der Waals surface area contributed by atoms with Gasteiger partial charge in [0.05, 0.1) is 17.7 Å². The van der Waals surface area contributed by atoms with Crippen LogP contribution in [0.1, 0.15) is 18.1 Å². The molecular formula is C33H32Cl3N3O5S. The van der Waals surface area contributed by atoms with E-state index in [4.69, 9.17) is 39.5 Å². The topological polar surface area (TPSA) is 96.0 Å². The minimum atomic E-state index is -4.31. The molecule has 0 aliphatic heterocycles. The highest BCUT2D eigenvalue weighted by atomic mass is 35.5. The zero-order chi connectivity index (χ0) is 32.6. The predicted molar refractivity (Wildman–Crippen MR) is 179 cm³/mol. The molecule has 0 saturated heterocycles. The highest BCUT2D eigenvalue weighted by Crippen LogP contribution is 2.30. The van der Waals surface area contributed by atoms with Crippen molar-refractivity contribution in [2.75, 3.05) is 24.5 Å². The van der Waals surface area contributed by atoms with E-state index >= 15 is 0 Å². The number of ether oxygens (including phenoxy) is 1. The first kappa shape index (κ1) is 34.1. The predicted octanol–water partition coefficient (Wildman–Crippen LogP) is 6.63. The van der Waals surface area contributed by atoms with Crippen LogP contribution in [0, 0.1) is 0 Å². The van der Waals surface area contributed by atoms with Crippen LogP contribution in [0.25, 0.3) is 0 Å². The lowest BCUT2D eigenvalue weighted by atomic mass is 10.0. The smallest absolute Gasteiger partial charge is 0.264 e. The number of halogens is 3. The van der Waals surface area contributed by atoms with Crippen molar-refractivity contribution in [1.29, 1.82) is 0 Å². The van der Waals surface area contributed by atoms with Crippen LogP contribution >= 0.6 is 34.8 Å². The molecule has 0 aliphatic carbocycles. The number of anilines is 1. The number of nitrogens with one attached hydrogen (secondary N) is 1. The summed E-state index contributed by atoms with van der Waals surface area (Å²) in [5, 5.41) is 3.69. The Morgan fingerprint density at radius 3 is 2.11 bits per heavy atom. The van der Waals surface area contributed by atoms with Gasteiger partial charge in [-0.1, -0.05) is 77.3 Å². The number of rotatable bonds is 13. The molecule has 0 heterocycles. The Hall–Kier alpha value is -3.76. The second-order valence-corrected chi connectivity index (χ2v) is 13.1. The summed E-state index contributed by atoms with van der Waals surface area (Å²) in [6.45, 7) is 1.29. The number of nitrogens with zero attached hydrogens (tertiary/aromatic N) is 2. The van der Waals surface area contributed by atoms with Gasteiger partial charge in [0.1, 0.15) is 18.3 Å². The molecule has 0 bridgehead atoms. The van der Waals surface area contributed by atoms with Gasteiger partial charge in [0.15, 0.2) is 0 Å². The molecule has 0 fully saturated rings. The SMILES string of the molecule is CCNC(=O)[C@H](Cc1ccccc1)N(Cc1c(Cl)cccc1Cl)C(=O)CN(c1cccc(Cl)c1)S(=O)(=O)c1ccc(OC)cc1. The molecule has 45 heavy (non-hydrogen) atoms. The Labute approximate surface area is 278 Å². The van der Waals surface area contributed by atoms with Crippen LogP contribution in [0.2, 0.25) is 15.1 Å². The Balaban J connectivity index is 1.83. The van der Waals surface area contributed by atoms with Crippen molar-refractivity contribution in [3.05, 3.63) is 123 Å². The normalized spacial score (nSPS) is 11.8.